The van der Waals surface area contributed by atoms with Crippen molar-refractivity contribution in [2.45, 2.75) is 36.7 Å². The number of likely N-dealkylation sites (tertiary alicyclic amines) is 1. The van der Waals surface area contributed by atoms with Gasteiger partial charge in [0.1, 0.15) is 6.04 Å². The van der Waals surface area contributed by atoms with Gasteiger partial charge in [-0.25, -0.2) is 9.78 Å². The average Bonchev–Trinajstić information content (AvgIpc) is 3.38. The van der Waals surface area contributed by atoms with E-state index < -0.39 is 12.0 Å². The molecule has 1 saturated heterocycles. The molecule has 39 heavy (non-hydrogen) atoms. The summed E-state index contributed by atoms with van der Waals surface area (Å²) in [7, 11) is 0. The van der Waals surface area contributed by atoms with Crippen molar-refractivity contribution in [1.82, 2.24) is 19.8 Å². The number of imidazole rings is 1. The number of carboxylic acid groups (broad SMARTS) is 1. The van der Waals surface area contributed by atoms with Gasteiger partial charge in [-0.1, -0.05) is 59.6 Å². The molecule has 0 aliphatic carbocycles. The fourth-order valence-electron chi connectivity index (χ4n) is 4.40. The fraction of sp³-hybridized carbons (Fsp3) is 0.286. The van der Waals surface area contributed by atoms with E-state index >= 15 is 0 Å². The topological polar surface area (TPSA) is 105 Å². The molecule has 11 heteroatoms. The molecular formula is C28H28Cl2N4O4S. The van der Waals surface area contributed by atoms with Gasteiger partial charge >= 0.3 is 5.97 Å². The van der Waals surface area contributed by atoms with Crippen LogP contribution in [0.3, 0.4) is 0 Å². The number of carbonyl (C=O) groups excluding carboxylic acids is 2. The van der Waals surface area contributed by atoms with E-state index in [0.29, 0.717) is 58.7 Å². The lowest BCUT2D eigenvalue weighted by atomic mass is 9.95. The van der Waals surface area contributed by atoms with Crippen LogP contribution in [0.5, 0.6) is 0 Å². The van der Waals surface area contributed by atoms with Gasteiger partial charge in [0.2, 0.25) is 11.8 Å². The number of piperidine rings is 1. The standard InChI is InChI=1S/C28H28Cl2N4O4S/c29-25-19(6-8-23(39)26(25)30)7-9-24(35)34-12-10-20(11-13-34)27(36)32-22(28(37)38)14-21-16-33(17-31-21)15-18-4-2-1-3-5-18/h1-9,16-17,20,22,39H,10-15H2,(H,32,36)(H,37,38)/b9-7+/t22-/m0/s1. The predicted octanol–water partition coefficient (Wildman–Crippen LogP) is 4.59. The molecular weight excluding hydrogens is 559 g/mol. The maximum Gasteiger partial charge on any atom is 0.326 e. The maximum absolute atomic E-state index is 12.9. The van der Waals surface area contributed by atoms with Crippen LogP contribution in [-0.2, 0) is 27.3 Å². The summed E-state index contributed by atoms with van der Waals surface area (Å²) >= 11 is 16.6. The van der Waals surface area contributed by atoms with Crippen molar-refractivity contribution in [3.8, 4) is 0 Å². The summed E-state index contributed by atoms with van der Waals surface area (Å²) in [5.74, 6) is -2.04. The summed E-state index contributed by atoms with van der Waals surface area (Å²) in [6, 6.07) is 12.2. The number of hydrogen-bond donors (Lipinski definition) is 3. The molecule has 1 aromatic heterocycles. The summed E-state index contributed by atoms with van der Waals surface area (Å²) in [6.45, 7) is 1.38. The lowest BCUT2D eigenvalue weighted by Gasteiger charge is -2.31. The van der Waals surface area contributed by atoms with Crippen LogP contribution in [0, 0.1) is 5.92 Å². The quantitative estimate of drug-likeness (QED) is 0.251. The third-order valence-corrected chi connectivity index (χ3v) is 8.00. The van der Waals surface area contributed by atoms with E-state index in [4.69, 9.17) is 23.2 Å². The van der Waals surface area contributed by atoms with Crippen LogP contribution < -0.4 is 5.32 Å². The number of thiol groups is 1. The monoisotopic (exact) mass is 586 g/mol. The van der Waals surface area contributed by atoms with Crippen molar-refractivity contribution >= 4 is 59.7 Å². The number of carbonyl (C=O) groups is 3. The van der Waals surface area contributed by atoms with Crippen molar-refractivity contribution in [2.24, 2.45) is 5.92 Å². The van der Waals surface area contributed by atoms with Gasteiger partial charge in [-0.05, 0) is 36.1 Å². The number of amides is 2. The van der Waals surface area contributed by atoms with Crippen molar-refractivity contribution in [3.63, 3.8) is 0 Å². The van der Waals surface area contributed by atoms with Crippen LogP contribution >= 0.6 is 35.8 Å². The zero-order valence-electron chi connectivity index (χ0n) is 21.0. The number of hydrogen-bond acceptors (Lipinski definition) is 5. The molecule has 2 aromatic carbocycles. The van der Waals surface area contributed by atoms with Crippen LogP contribution in [0.1, 0.15) is 29.7 Å². The number of benzene rings is 2. The van der Waals surface area contributed by atoms with Crippen LogP contribution in [0.25, 0.3) is 6.08 Å². The SMILES string of the molecule is O=C(N[C@@H](Cc1cn(Cc2ccccc2)cn1)C(=O)O)C1CCN(C(=O)/C=C/c2ccc(S)c(Cl)c2Cl)CC1. The van der Waals surface area contributed by atoms with Crippen LogP contribution in [0.4, 0.5) is 0 Å². The zero-order valence-corrected chi connectivity index (χ0v) is 23.4. The molecule has 1 fully saturated rings. The molecule has 1 atom stereocenters. The second kappa shape index (κ2) is 13.2. The third kappa shape index (κ3) is 7.65. The summed E-state index contributed by atoms with van der Waals surface area (Å²) in [5, 5.41) is 13.0. The number of carboxylic acids is 1. The Hall–Kier alpha value is -3.27. The first-order valence-electron chi connectivity index (χ1n) is 12.4. The Morgan fingerprint density at radius 3 is 2.51 bits per heavy atom. The highest BCUT2D eigenvalue weighted by Crippen LogP contribution is 2.32. The highest BCUT2D eigenvalue weighted by Gasteiger charge is 2.30. The van der Waals surface area contributed by atoms with Gasteiger partial charge < -0.3 is 19.9 Å². The Labute approximate surface area is 242 Å². The van der Waals surface area contributed by atoms with Gasteiger partial charge in [0, 0.05) is 49.1 Å². The molecule has 2 heterocycles. The molecule has 1 aliphatic rings. The largest absolute Gasteiger partial charge is 0.480 e. The Morgan fingerprint density at radius 1 is 1.10 bits per heavy atom. The number of aromatic nitrogens is 2. The van der Waals surface area contributed by atoms with E-state index in [1.54, 1.807) is 35.6 Å². The lowest BCUT2D eigenvalue weighted by Crippen LogP contribution is -2.48. The molecule has 204 valence electrons. The minimum atomic E-state index is -1.12. The Morgan fingerprint density at radius 2 is 1.82 bits per heavy atom. The number of aliphatic carboxylic acids is 1. The molecule has 0 saturated carbocycles. The first-order chi connectivity index (χ1) is 18.7. The third-order valence-electron chi connectivity index (χ3n) is 6.60. The predicted molar refractivity (Wildman–Crippen MR) is 153 cm³/mol. The van der Waals surface area contributed by atoms with E-state index in [-0.39, 0.29) is 24.2 Å². The maximum atomic E-state index is 12.9. The molecule has 0 spiro atoms. The van der Waals surface area contributed by atoms with Crippen molar-refractivity contribution < 1.29 is 19.5 Å². The van der Waals surface area contributed by atoms with Crippen molar-refractivity contribution in [3.05, 3.63) is 87.9 Å². The molecule has 8 nitrogen and oxygen atoms in total. The first kappa shape index (κ1) is 28.7. The smallest absolute Gasteiger partial charge is 0.326 e. The number of rotatable bonds is 9. The zero-order chi connectivity index (χ0) is 27.9. The highest BCUT2D eigenvalue weighted by molar-refractivity contribution is 7.80. The molecule has 2 amide bonds. The summed E-state index contributed by atoms with van der Waals surface area (Å²) < 4.78 is 1.88. The number of halogens is 2. The van der Waals surface area contributed by atoms with E-state index in [2.05, 4.69) is 22.9 Å². The molecule has 0 radical (unpaired) electrons. The molecule has 0 bridgehead atoms. The normalized spacial score (nSPS) is 14.9. The molecule has 0 unspecified atom stereocenters. The Kier molecular flexibility index (Phi) is 9.72. The van der Waals surface area contributed by atoms with Crippen molar-refractivity contribution in [2.75, 3.05) is 13.1 Å². The van der Waals surface area contributed by atoms with Crippen molar-refractivity contribution in [1.29, 1.82) is 0 Å². The van der Waals surface area contributed by atoms with Crippen LogP contribution in [0.2, 0.25) is 10.0 Å². The van der Waals surface area contributed by atoms with E-state index in [1.165, 1.54) is 6.08 Å². The Balaban J connectivity index is 1.28. The minimum Gasteiger partial charge on any atom is -0.480 e. The Bertz CT molecular complexity index is 1370. The number of nitrogens with one attached hydrogen (secondary N) is 1. The van der Waals surface area contributed by atoms with Crippen LogP contribution in [-0.4, -0.2) is 56.5 Å². The van der Waals surface area contributed by atoms with Gasteiger partial charge in [0.15, 0.2) is 0 Å². The van der Waals surface area contributed by atoms with Gasteiger partial charge in [-0.3, -0.25) is 9.59 Å². The summed E-state index contributed by atoms with van der Waals surface area (Å²) in [4.78, 5) is 43.9. The lowest BCUT2D eigenvalue weighted by molar-refractivity contribution is -0.142. The number of nitrogens with zero attached hydrogens (tertiary/aromatic N) is 3. The highest BCUT2D eigenvalue weighted by atomic mass is 35.5. The van der Waals surface area contributed by atoms with Gasteiger partial charge in [0.05, 0.1) is 22.1 Å². The summed E-state index contributed by atoms with van der Waals surface area (Å²) in [6.07, 6.45) is 7.41. The van der Waals surface area contributed by atoms with E-state index in [0.717, 1.165) is 5.56 Å². The summed E-state index contributed by atoms with van der Waals surface area (Å²) in [5.41, 5.74) is 2.29. The second-order valence-corrected chi connectivity index (χ2v) is 10.6. The molecule has 1 aliphatic heterocycles. The average molecular weight is 588 g/mol. The second-order valence-electron chi connectivity index (χ2n) is 9.36. The fourth-order valence-corrected chi connectivity index (χ4v) is 5.05. The van der Waals surface area contributed by atoms with Gasteiger partial charge in [0.25, 0.3) is 0 Å². The van der Waals surface area contributed by atoms with Gasteiger partial charge in [-0.15, -0.1) is 12.6 Å². The molecule has 4 rings (SSSR count). The minimum absolute atomic E-state index is 0.0752. The van der Waals surface area contributed by atoms with Crippen LogP contribution in [0.15, 0.2) is 66.0 Å². The molecule has 3 aromatic rings. The first-order valence-corrected chi connectivity index (χ1v) is 13.6. The molecule has 2 N–H and O–H groups in total. The van der Waals surface area contributed by atoms with E-state index in [1.807, 2.05) is 34.9 Å². The van der Waals surface area contributed by atoms with E-state index in [9.17, 15) is 19.5 Å². The van der Waals surface area contributed by atoms with Gasteiger partial charge in [-0.2, -0.15) is 0 Å².